The van der Waals surface area contributed by atoms with E-state index in [4.69, 9.17) is 15.6 Å². The third-order valence-electron chi connectivity index (χ3n) is 2.73. The minimum atomic E-state index is -1.08. The number of aromatic carboxylic acids is 1. The van der Waals surface area contributed by atoms with Gasteiger partial charge in [-0.2, -0.15) is 0 Å². The summed E-state index contributed by atoms with van der Waals surface area (Å²) in [7, 11) is 0. The van der Waals surface area contributed by atoms with Crippen LogP contribution in [-0.2, 0) is 0 Å². The molecule has 4 N–H and O–H groups in total. The standard InChI is InChI=1S/C15H17N3O3/c1-2-7-21-12-5-3-11(4-6-12)18-14-13(15(19)20)8-10(16)9-17-14/h3-6,8-9H,2,7,16H2,1H3,(H,17,18)(H,19,20). The van der Waals surface area contributed by atoms with Crippen molar-refractivity contribution >= 4 is 23.2 Å². The first-order valence-electron chi connectivity index (χ1n) is 6.59. The summed E-state index contributed by atoms with van der Waals surface area (Å²) < 4.78 is 5.48. The Morgan fingerprint density at radius 1 is 1.38 bits per heavy atom. The van der Waals surface area contributed by atoms with Crippen molar-refractivity contribution in [1.82, 2.24) is 4.98 Å². The molecular weight excluding hydrogens is 270 g/mol. The molecule has 1 aromatic heterocycles. The number of carboxylic acids is 1. The van der Waals surface area contributed by atoms with Crippen LogP contribution in [0.5, 0.6) is 5.75 Å². The third kappa shape index (κ3) is 3.85. The van der Waals surface area contributed by atoms with Gasteiger partial charge in [0.25, 0.3) is 0 Å². The lowest BCUT2D eigenvalue weighted by Gasteiger charge is -2.10. The summed E-state index contributed by atoms with van der Waals surface area (Å²) in [6, 6.07) is 8.60. The number of nitrogen functional groups attached to an aromatic ring is 1. The highest BCUT2D eigenvalue weighted by atomic mass is 16.5. The molecule has 0 aliphatic carbocycles. The molecule has 110 valence electrons. The Labute approximate surface area is 122 Å². The number of nitrogens with one attached hydrogen (secondary N) is 1. The molecule has 6 nitrogen and oxygen atoms in total. The highest BCUT2D eigenvalue weighted by Gasteiger charge is 2.12. The average molecular weight is 287 g/mol. The summed E-state index contributed by atoms with van der Waals surface area (Å²) in [5, 5.41) is 12.1. The lowest BCUT2D eigenvalue weighted by atomic mass is 10.2. The van der Waals surface area contributed by atoms with Crippen molar-refractivity contribution in [3.05, 3.63) is 42.1 Å². The molecule has 0 saturated heterocycles. The summed E-state index contributed by atoms with van der Waals surface area (Å²) >= 11 is 0. The lowest BCUT2D eigenvalue weighted by Crippen LogP contribution is -2.06. The van der Waals surface area contributed by atoms with Gasteiger partial charge in [0.2, 0.25) is 0 Å². The van der Waals surface area contributed by atoms with E-state index in [1.807, 2.05) is 19.1 Å². The van der Waals surface area contributed by atoms with E-state index >= 15 is 0 Å². The highest BCUT2D eigenvalue weighted by molar-refractivity contribution is 5.94. The molecule has 0 amide bonds. The van der Waals surface area contributed by atoms with Gasteiger partial charge in [-0.25, -0.2) is 9.78 Å². The summed E-state index contributed by atoms with van der Waals surface area (Å²) in [5.74, 6) is -0.0646. The molecule has 0 radical (unpaired) electrons. The van der Waals surface area contributed by atoms with Crippen LogP contribution in [0.1, 0.15) is 23.7 Å². The number of pyridine rings is 1. The predicted molar refractivity (Wildman–Crippen MR) is 81.1 cm³/mol. The zero-order valence-corrected chi connectivity index (χ0v) is 11.7. The molecule has 21 heavy (non-hydrogen) atoms. The van der Waals surface area contributed by atoms with E-state index in [-0.39, 0.29) is 11.4 Å². The highest BCUT2D eigenvalue weighted by Crippen LogP contribution is 2.22. The maximum atomic E-state index is 11.2. The maximum Gasteiger partial charge on any atom is 0.339 e. The molecule has 1 aromatic carbocycles. The first-order chi connectivity index (χ1) is 10.1. The minimum absolute atomic E-state index is 0.0290. The molecule has 0 atom stereocenters. The van der Waals surface area contributed by atoms with Crippen molar-refractivity contribution in [3.63, 3.8) is 0 Å². The largest absolute Gasteiger partial charge is 0.494 e. The van der Waals surface area contributed by atoms with E-state index in [0.717, 1.165) is 17.9 Å². The van der Waals surface area contributed by atoms with Gasteiger partial charge in [-0.3, -0.25) is 0 Å². The van der Waals surface area contributed by atoms with Crippen LogP contribution in [0.25, 0.3) is 0 Å². The van der Waals surface area contributed by atoms with E-state index in [2.05, 4.69) is 10.3 Å². The Morgan fingerprint density at radius 2 is 2.10 bits per heavy atom. The van der Waals surface area contributed by atoms with Crippen molar-refractivity contribution < 1.29 is 14.6 Å². The number of hydrogen-bond acceptors (Lipinski definition) is 5. The summed E-state index contributed by atoms with van der Waals surface area (Å²) in [6.45, 7) is 2.70. The summed E-state index contributed by atoms with van der Waals surface area (Å²) in [5.41, 5.74) is 6.61. The molecule has 0 bridgehead atoms. The Kier molecular flexibility index (Phi) is 4.61. The van der Waals surface area contributed by atoms with Crippen molar-refractivity contribution in [2.45, 2.75) is 13.3 Å². The van der Waals surface area contributed by atoms with E-state index in [9.17, 15) is 4.79 Å². The van der Waals surface area contributed by atoms with Crippen LogP contribution < -0.4 is 15.8 Å². The molecule has 0 fully saturated rings. The number of aromatic nitrogens is 1. The molecule has 0 saturated carbocycles. The lowest BCUT2D eigenvalue weighted by molar-refractivity contribution is 0.0697. The molecule has 2 aromatic rings. The second-order valence-electron chi connectivity index (χ2n) is 4.47. The Morgan fingerprint density at radius 3 is 2.71 bits per heavy atom. The second kappa shape index (κ2) is 6.60. The van der Waals surface area contributed by atoms with Crippen LogP contribution in [0, 0.1) is 0 Å². The van der Waals surface area contributed by atoms with Crippen LogP contribution in [0.2, 0.25) is 0 Å². The quantitative estimate of drug-likeness (QED) is 0.755. The van der Waals surface area contributed by atoms with Crippen molar-refractivity contribution in [2.24, 2.45) is 0 Å². The number of hydrogen-bond donors (Lipinski definition) is 3. The van der Waals surface area contributed by atoms with Crippen LogP contribution in [0.4, 0.5) is 17.2 Å². The number of nitrogens with zero attached hydrogens (tertiary/aromatic N) is 1. The second-order valence-corrected chi connectivity index (χ2v) is 4.47. The summed E-state index contributed by atoms with van der Waals surface area (Å²) in [4.78, 5) is 15.2. The van der Waals surface area contributed by atoms with Gasteiger partial charge >= 0.3 is 5.97 Å². The number of rotatable bonds is 6. The van der Waals surface area contributed by atoms with Crippen molar-refractivity contribution in [3.8, 4) is 5.75 Å². The Balaban J connectivity index is 2.16. The Hall–Kier alpha value is -2.76. The number of carboxylic acid groups (broad SMARTS) is 1. The van der Waals surface area contributed by atoms with Crippen LogP contribution >= 0.6 is 0 Å². The number of benzene rings is 1. The molecule has 0 aliphatic heterocycles. The molecule has 1 heterocycles. The summed E-state index contributed by atoms with van der Waals surface area (Å²) in [6.07, 6.45) is 2.35. The van der Waals surface area contributed by atoms with Gasteiger partial charge < -0.3 is 20.9 Å². The predicted octanol–water partition coefficient (Wildman–Crippen LogP) is 2.89. The van der Waals surface area contributed by atoms with Crippen molar-refractivity contribution in [1.29, 1.82) is 0 Å². The van der Waals surface area contributed by atoms with Gasteiger partial charge in [0.15, 0.2) is 0 Å². The molecule has 0 spiro atoms. The molecule has 6 heteroatoms. The maximum absolute atomic E-state index is 11.2. The van der Waals surface area contributed by atoms with E-state index in [0.29, 0.717) is 12.3 Å². The first kappa shape index (κ1) is 14.6. The van der Waals surface area contributed by atoms with E-state index in [1.54, 1.807) is 12.1 Å². The zero-order chi connectivity index (χ0) is 15.2. The first-order valence-corrected chi connectivity index (χ1v) is 6.59. The Bertz CT molecular complexity index is 627. The van der Waals surface area contributed by atoms with Gasteiger partial charge in [0, 0.05) is 5.69 Å². The van der Waals surface area contributed by atoms with Gasteiger partial charge in [-0.1, -0.05) is 6.92 Å². The fraction of sp³-hybridized carbons (Fsp3) is 0.200. The minimum Gasteiger partial charge on any atom is -0.494 e. The fourth-order valence-corrected chi connectivity index (χ4v) is 1.73. The third-order valence-corrected chi connectivity index (χ3v) is 2.73. The van der Waals surface area contributed by atoms with Crippen LogP contribution in [0.15, 0.2) is 36.5 Å². The SMILES string of the molecule is CCCOc1ccc(Nc2ncc(N)cc2C(=O)O)cc1. The topological polar surface area (TPSA) is 97.5 Å². The van der Waals surface area contributed by atoms with E-state index < -0.39 is 5.97 Å². The molecule has 0 unspecified atom stereocenters. The fourth-order valence-electron chi connectivity index (χ4n) is 1.73. The normalized spacial score (nSPS) is 10.1. The van der Waals surface area contributed by atoms with Crippen LogP contribution in [0.3, 0.4) is 0 Å². The number of anilines is 3. The van der Waals surface area contributed by atoms with Crippen molar-refractivity contribution in [2.75, 3.05) is 17.7 Å². The average Bonchev–Trinajstić information content (AvgIpc) is 2.48. The zero-order valence-electron chi connectivity index (χ0n) is 11.7. The van der Waals surface area contributed by atoms with E-state index in [1.165, 1.54) is 12.3 Å². The number of carbonyl (C=O) groups is 1. The molecule has 0 aliphatic rings. The van der Waals surface area contributed by atoms with Gasteiger partial charge in [-0.05, 0) is 36.8 Å². The molecule has 2 rings (SSSR count). The van der Waals surface area contributed by atoms with Crippen LogP contribution in [-0.4, -0.2) is 22.7 Å². The van der Waals surface area contributed by atoms with Gasteiger partial charge in [0.05, 0.1) is 18.5 Å². The number of nitrogens with two attached hydrogens (primary N) is 1. The number of ether oxygens (including phenoxy) is 1. The van der Waals surface area contributed by atoms with Gasteiger partial charge in [-0.15, -0.1) is 0 Å². The van der Waals surface area contributed by atoms with Gasteiger partial charge in [0.1, 0.15) is 17.1 Å². The smallest absolute Gasteiger partial charge is 0.339 e. The monoisotopic (exact) mass is 287 g/mol. The molecular formula is C15H17N3O3.